The Bertz CT molecular complexity index is 1030. The molecule has 0 aliphatic heterocycles. The van der Waals surface area contributed by atoms with Crippen molar-refractivity contribution in [3.63, 3.8) is 0 Å². The van der Waals surface area contributed by atoms with E-state index < -0.39 is 0 Å². The lowest BCUT2D eigenvalue weighted by Gasteiger charge is -2.13. The molecule has 120 valence electrons. The van der Waals surface area contributed by atoms with Crippen LogP contribution in [0.4, 0.5) is 0 Å². The van der Waals surface area contributed by atoms with Crippen LogP contribution < -0.4 is 4.74 Å². The molecule has 0 amide bonds. The summed E-state index contributed by atoms with van der Waals surface area (Å²) in [6, 6.07) is 26.3. The minimum atomic E-state index is -0.0720. The third-order valence-electron chi connectivity index (χ3n) is 4.00. The van der Waals surface area contributed by atoms with Gasteiger partial charge in [-0.05, 0) is 17.5 Å². The molecule has 0 spiro atoms. The SMILES string of the molecule is O=C(c1ccccc1)c1ccc2ccccc2c1Oc1ccccn1. The molecule has 0 atom stereocenters. The van der Waals surface area contributed by atoms with E-state index in [2.05, 4.69) is 4.98 Å². The van der Waals surface area contributed by atoms with E-state index in [0.717, 1.165) is 10.8 Å². The topological polar surface area (TPSA) is 39.2 Å². The number of ketones is 1. The minimum Gasteiger partial charge on any atom is -0.438 e. The molecule has 3 aromatic carbocycles. The highest BCUT2D eigenvalue weighted by molar-refractivity contribution is 6.13. The van der Waals surface area contributed by atoms with Crippen LogP contribution in [-0.4, -0.2) is 10.8 Å². The molecule has 0 fully saturated rings. The van der Waals surface area contributed by atoms with Crippen LogP contribution in [0, 0.1) is 0 Å². The van der Waals surface area contributed by atoms with Gasteiger partial charge < -0.3 is 4.74 Å². The Morgan fingerprint density at radius 3 is 2.32 bits per heavy atom. The molecular formula is C22H15NO2. The molecule has 4 aromatic rings. The molecule has 1 aromatic heterocycles. The molecule has 0 aliphatic rings. The molecule has 1 heterocycles. The summed E-state index contributed by atoms with van der Waals surface area (Å²) in [5.74, 6) is 0.920. The zero-order valence-corrected chi connectivity index (χ0v) is 13.4. The maximum absolute atomic E-state index is 13.0. The average Bonchev–Trinajstić information content (AvgIpc) is 2.69. The third kappa shape index (κ3) is 3.00. The number of carbonyl (C=O) groups is 1. The van der Waals surface area contributed by atoms with Crippen molar-refractivity contribution in [2.75, 3.05) is 0 Å². The van der Waals surface area contributed by atoms with Gasteiger partial charge >= 0.3 is 0 Å². The summed E-state index contributed by atoms with van der Waals surface area (Å²) in [6.45, 7) is 0. The van der Waals surface area contributed by atoms with Crippen molar-refractivity contribution < 1.29 is 9.53 Å². The van der Waals surface area contributed by atoms with Crippen molar-refractivity contribution in [3.8, 4) is 11.6 Å². The summed E-state index contributed by atoms with van der Waals surface area (Å²) in [7, 11) is 0. The summed E-state index contributed by atoms with van der Waals surface area (Å²) in [4.78, 5) is 17.2. The van der Waals surface area contributed by atoms with E-state index in [0.29, 0.717) is 22.8 Å². The Kier molecular flexibility index (Phi) is 3.97. The molecule has 4 rings (SSSR count). The number of hydrogen-bond donors (Lipinski definition) is 0. The number of pyridine rings is 1. The number of carbonyl (C=O) groups excluding carboxylic acids is 1. The summed E-state index contributed by atoms with van der Waals surface area (Å²) >= 11 is 0. The van der Waals surface area contributed by atoms with Crippen LogP contribution in [0.25, 0.3) is 10.8 Å². The zero-order valence-electron chi connectivity index (χ0n) is 13.4. The average molecular weight is 325 g/mol. The van der Waals surface area contributed by atoms with E-state index in [4.69, 9.17) is 4.74 Å². The second kappa shape index (κ2) is 6.57. The molecule has 0 saturated carbocycles. The molecule has 0 bridgehead atoms. The highest BCUT2D eigenvalue weighted by Gasteiger charge is 2.18. The van der Waals surface area contributed by atoms with Gasteiger partial charge in [0.05, 0.1) is 5.56 Å². The monoisotopic (exact) mass is 325 g/mol. The first kappa shape index (κ1) is 15.1. The maximum Gasteiger partial charge on any atom is 0.219 e. The van der Waals surface area contributed by atoms with Crippen LogP contribution >= 0.6 is 0 Å². The lowest BCUT2D eigenvalue weighted by molar-refractivity contribution is 0.103. The van der Waals surface area contributed by atoms with Gasteiger partial charge in [0.25, 0.3) is 0 Å². The Morgan fingerprint density at radius 2 is 1.52 bits per heavy atom. The van der Waals surface area contributed by atoms with Gasteiger partial charge in [-0.2, -0.15) is 0 Å². The van der Waals surface area contributed by atoms with Crippen LogP contribution in [0.2, 0.25) is 0 Å². The van der Waals surface area contributed by atoms with Crippen LogP contribution in [0.5, 0.6) is 11.6 Å². The fraction of sp³-hybridized carbons (Fsp3) is 0. The van der Waals surface area contributed by atoms with Gasteiger partial charge in [-0.3, -0.25) is 4.79 Å². The summed E-state index contributed by atoms with van der Waals surface area (Å²) in [6.07, 6.45) is 1.67. The zero-order chi connectivity index (χ0) is 17.1. The molecule has 3 nitrogen and oxygen atoms in total. The fourth-order valence-electron chi connectivity index (χ4n) is 2.79. The molecular weight excluding hydrogens is 310 g/mol. The van der Waals surface area contributed by atoms with E-state index in [1.165, 1.54) is 0 Å². The van der Waals surface area contributed by atoms with E-state index >= 15 is 0 Å². The van der Waals surface area contributed by atoms with Crippen molar-refractivity contribution in [1.29, 1.82) is 0 Å². The lowest BCUT2D eigenvalue weighted by Crippen LogP contribution is -2.04. The van der Waals surface area contributed by atoms with Gasteiger partial charge in [0.15, 0.2) is 5.78 Å². The van der Waals surface area contributed by atoms with E-state index in [1.54, 1.807) is 12.3 Å². The first-order chi connectivity index (χ1) is 12.3. The lowest BCUT2D eigenvalue weighted by atomic mass is 9.98. The molecule has 0 N–H and O–H groups in total. The highest BCUT2D eigenvalue weighted by Crippen LogP contribution is 2.34. The molecule has 0 unspecified atom stereocenters. The summed E-state index contributed by atoms with van der Waals surface area (Å²) in [5.41, 5.74) is 1.15. The van der Waals surface area contributed by atoms with Crippen molar-refractivity contribution in [3.05, 3.63) is 102 Å². The van der Waals surface area contributed by atoms with Crippen LogP contribution in [0.1, 0.15) is 15.9 Å². The van der Waals surface area contributed by atoms with Gasteiger partial charge in [0.1, 0.15) is 5.75 Å². The maximum atomic E-state index is 13.0. The minimum absolute atomic E-state index is 0.0720. The second-order valence-corrected chi connectivity index (χ2v) is 5.63. The Hall–Kier alpha value is -3.46. The van der Waals surface area contributed by atoms with Crippen molar-refractivity contribution in [2.24, 2.45) is 0 Å². The van der Waals surface area contributed by atoms with Crippen LogP contribution in [-0.2, 0) is 0 Å². The predicted molar refractivity (Wildman–Crippen MR) is 98.1 cm³/mol. The van der Waals surface area contributed by atoms with Crippen molar-refractivity contribution >= 4 is 16.6 Å². The number of nitrogens with zero attached hydrogens (tertiary/aromatic N) is 1. The largest absolute Gasteiger partial charge is 0.438 e. The standard InChI is InChI=1S/C22H15NO2/c24-21(17-9-2-1-3-10-17)19-14-13-16-8-4-5-11-18(16)22(19)25-20-12-6-7-15-23-20/h1-15H. The van der Waals surface area contributed by atoms with Gasteiger partial charge in [0, 0.05) is 23.2 Å². The number of rotatable bonds is 4. The first-order valence-electron chi connectivity index (χ1n) is 8.03. The van der Waals surface area contributed by atoms with Gasteiger partial charge in [-0.25, -0.2) is 4.98 Å². The number of hydrogen-bond acceptors (Lipinski definition) is 3. The number of benzene rings is 3. The summed E-state index contributed by atoms with van der Waals surface area (Å²) < 4.78 is 6.03. The Labute approximate surface area is 145 Å². The van der Waals surface area contributed by atoms with E-state index in [9.17, 15) is 4.79 Å². The Balaban J connectivity index is 1.89. The van der Waals surface area contributed by atoms with Crippen molar-refractivity contribution in [2.45, 2.75) is 0 Å². The van der Waals surface area contributed by atoms with Crippen molar-refractivity contribution in [1.82, 2.24) is 4.98 Å². The quantitative estimate of drug-likeness (QED) is 0.481. The second-order valence-electron chi connectivity index (χ2n) is 5.63. The predicted octanol–water partition coefficient (Wildman–Crippen LogP) is 5.26. The Morgan fingerprint density at radius 1 is 0.760 bits per heavy atom. The molecule has 3 heteroatoms. The van der Waals surface area contributed by atoms with Gasteiger partial charge in [0.2, 0.25) is 5.88 Å². The number of ether oxygens (including phenoxy) is 1. The molecule has 0 radical (unpaired) electrons. The highest BCUT2D eigenvalue weighted by atomic mass is 16.5. The van der Waals surface area contributed by atoms with Crippen LogP contribution in [0.3, 0.4) is 0 Å². The molecule has 0 saturated heterocycles. The smallest absolute Gasteiger partial charge is 0.219 e. The molecule has 25 heavy (non-hydrogen) atoms. The first-order valence-corrected chi connectivity index (χ1v) is 8.03. The summed E-state index contributed by atoms with van der Waals surface area (Å²) in [5, 5.41) is 1.90. The van der Waals surface area contributed by atoms with Gasteiger partial charge in [-0.15, -0.1) is 0 Å². The third-order valence-corrected chi connectivity index (χ3v) is 4.00. The van der Waals surface area contributed by atoms with E-state index in [1.807, 2.05) is 78.9 Å². The van der Waals surface area contributed by atoms with Gasteiger partial charge in [-0.1, -0.05) is 66.7 Å². The number of aromatic nitrogens is 1. The molecule has 0 aliphatic carbocycles. The normalized spacial score (nSPS) is 10.6. The van der Waals surface area contributed by atoms with E-state index in [-0.39, 0.29) is 5.78 Å². The fourth-order valence-corrected chi connectivity index (χ4v) is 2.79. The number of fused-ring (bicyclic) bond motifs is 1. The van der Waals surface area contributed by atoms with Crippen LogP contribution in [0.15, 0.2) is 91.1 Å².